The molecule has 1 aliphatic rings. The van der Waals surface area contributed by atoms with E-state index in [1.807, 2.05) is 19.1 Å². The predicted octanol–water partition coefficient (Wildman–Crippen LogP) is 2.75. The Hall–Kier alpha value is -2.83. The van der Waals surface area contributed by atoms with Gasteiger partial charge in [-0.2, -0.15) is 5.26 Å². The first kappa shape index (κ1) is 20.9. The van der Waals surface area contributed by atoms with Crippen molar-refractivity contribution < 1.29 is 17.6 Å². The molecule has 1 aliphatic heterocycles. The standard InChI is InChI=1S/C20H24N4O4S/c1-14-10-15(13-22-29(2,26)27)11-17(19(14)24-8-4-3-5-9-24)23-20(25)18-7-6-16(12-21)28-18/h6-7,10-11,22H,3-5,8-9,13H2,1-2H3,(H,23,25). The molecule has 0 unspecified atom stereocenters. The molecule has 2 N–H and O–H groups in total. The van der Waals surface area contributed by atoms with Crippen molar-refractivity contribution in [1.82, 2.24) is 4.72 Å². The zero-order valence-electron chi connectivity index (χ0n) is 16.5. The van der Waals surface area contributed by atoms with E-state index < -0.39 is 15.9 Å². The van der Waals surface area contributed by atoms with E-state index in [9.17, 15) is 13.2 Å². The lowest BCUT2D eigenvalue weighted by Crippen LogP contribution is -2.31. The van der Waals surface area contributed by atoms with Crippen LogP contribution in [0.2, 0.25) is 0 Å². The maximum Gasteiger partial charge on any atom is 0.291 e. The van der Waals surface area contributed by atoms with Gasteiger partial charge in [-0.1, -0.05) is 6.07 Å². The largest absolute Gasteiger partial charge is 0.440 e. The molecule has 1 aromatic carbocycles. The van der Waals surface area contributed by atoms with Gasteiger partial charge in [-0.25, -0.2) is 13.1 Å². The van der Waals surface area contributed by atoms with Crippen molar-refractivity contribution in [3.05, 3.63) is 46.9 Å². The van der Waals surface area contributed by atoms with Crippen molar-refractivity contribution >= 4 is 27.3 Å². The molecule has 29 heavy (non-hydrogen) atoms. The van der Waals surface area contributed by atoms with E-state index in [0.29, 0.717) is 5.69 Å². The highest BCUT2D eigenvalue weighted by molar-refractivity contribution is 7.88. The fourth-order valence-electron chi connectivity index (χ4n) is 3.51. The molecular formula is C20H24N4O4S. The average molecular weight is 417 g/mol. The Morgan fingerprint density at radius 3 is 2.59 bits per heavy atom. The zero-order chi connectivity index (χ0) is 21.0. The summed E-state index contributed by atoms with van der Waals surface area (Å²) in [5, 5.41) is 11.8. The number of sulfonamides is 1. The van der Waals surface area contributed by atoms with Crippen LogP contribution in [0, 0.1) is 18.3 Å². The Balaban J connectivity index is 1.94. The first-order valence-electron chi connectivity index (χ1n) is 9.41. The fraction of sp³-hybridized carbons (Fsp3) is 0.400. The summed E-state index contributed by atoms with van der Waals surface area (Å²) in [5.74, 6) is -0.352. The second-order valence-electron chi connectivity index (χ2n) is 7.18. The number of carbonyl (C=O) groups is 1. The van der Waals surface area contributed by atoms with Crippen molar-refractivity contribution in [2.24, 2.45) is 0 Å². The van der Waals surface area contributed by atoms with Gasteiger partial charge in [-0.05, 0) is 55.5 Å². The van der Waals surface area contributed by atoms with Crippen molar-refractivity contribution in [2.45, 2.75) is 32.7 Å². The van der Waals surface area contributed by atoms with Gasteiger partial charge in [0.1, 0.15) is 6.07 Å². The minimum absolute atomic E-state index is 0.0449. The lowest BCUT2D eigenvalue weighted by Gasteiger charge is -2.32. The molecule has 2 aromatic rings. The first-order valence-corrected chi connectivity index (χ1v) is 11.3. The second-order valence-corrected chi connectivity index (χ2v) is 9.01. The van der Waals surface area contributed by atoms with Gasteiger partial charge >= 0.3 is 0 Å². The van der Waals surface area contributed by atoms with Crippen molar-refractivity contribution in [3.8, 4) is 6.07 Å². The van der Waals surface area contributed by atoms with Gasteiger partial charge in [0.15, 0.2) is 5.76 Å². The Morgan fingerprint density at radius 2 is 1.97 bits per heavy atom. The van der Waals surface area contributed by atoms with Crippen LogP contribution in [0.25, 0.3) is 0 Å². The Labute approximate surface area is 170 Å². The summed E-state index contributed by atoms with van der Waals surface area (Å²) in [5.41, 5.74) is 3.21. The third kappa shape index (κ3) is 5.37. The number of rotatable bonds is 6. The molecule has 8 nitrogen and oxygen atoms in total. The van der Waals surface area contributed by atoms with Crippen molar-refractivity contribution in [2.75, 3.05) is 29.6 Å². The molecule has 1 saturated heterocycles. The number of nitrogens with one attached hydrogen (secondary N) is 2. The summed E-state index contributed by atoms with van der Waals surface area (Å²) in [4.78, 5) is 14.9. The number of nitriles is 1. The van der Waals surface area contributed by atoms with Gasteiger partial charge < -0.3 is 14.6 Å². The highest BCUT2D eigenvalue weighted by atomic mass is 32.2. The van der Waals surface area contributed by atoms with E-state index >= 15 is 0 Å². The summed E-state index contributed by atoms with van der Waals surface area (Å²) in [7, 11) is -3.34. The van der Waals surface area contributed by atoms with E-state index in [2.05, 4.69) is 14.9 Å². The molecular weight excluding hydrogens is 392 g/mol. The predicted molar refractivity (Wildman–Crippen MR) is 110 cm³/mol. The van der Waals surface area contributed by atoms with E-state index in [-0.39, 0.29) is 18.1 Å². The average Bonchev–Trinajstić information content (AvgIpc) is 3.16. The smallest absolute Gasteiger partial charge is 0.291 e. The highest BCUT2D eigenvalue weighted by Crippen LogP contribution is 2.34. The van der Waals surface area contributed by atoms with Gasteiger partial charge in [0.2, 0.25) is 15.8 Å². The van der Waals surface area contributed by atoms with Crippen molar-refractivity contribution in [3.63, 3.8) is 0 Å². The molecule has 0 radical (unpaired) electrons. The van der Waals surface area contributed by atoms with Gasteiger partial charge in [-0.3, -0.25) is 4.79 Å². The number of piperidine rings is 1. The van der Waals surface area contributed by atoms with E-state index in [1.54, 1.807) is 6.07 Å². The Kier molecular flexibility index (Phi) is 6.25. The number of aryl methyl sites for hydroxylation is 1. The zero-order valence-corrected chi connectivity index (χ0v) is 17.3. The molecule has 154 valence electrons. The number of nitrogens with zero attached hydrogens (tertiary/aromatic N) is 2. The maximum atomic E-state index is 12.7. The first-order chi connectivity index (χ1) is 13.8. The van der Waals surface area contributed by atoms with Crippen LogP contribution < -0.4 is 14.9 Å². The van der Waals surface area contributed by atoms with Crippen LogP contribution in [0.1, 0.15) is 46.7 Å². The van der Waals surface area contributed by atoms with Crippen LogP contribution in [0.3, 0.4) is 0 Å². The number of anilines is 2. The van der Waals surface area contributed by atoms with Gasteiger partial charge in [-0.15, -0.1) is 0 Å². The lowest BCUT2D eigenvalue weighted by atomic mass is 10.0. The van der Waals surface area contributed by atoms with Crippen molar-refractivity contribution in [1.29, 1.82) is 5.26 Å². The van der Waals surface area contributed by atoms with Gasteiger partial charge in [0.25, 0.3) is 5.91 Å². The number of carbonyl (C=O) groups excluding carboxylic acids is 1. The number of amides is 1. The summed E-state index contributed by atoms with van der Waals surface area (Å²) >= 11 is 0. The van der Waals surface area contributed by atoms with Crippen LogP contribution in [-0.4, -0.2) is 33.7 Å². The molecule has 0 aliphatic carbocycles. The van der Waals surface area contributed by atoms with Gasteiger partial charge in [0.05, 0.1) is 17.6 Å². The van der Waals surface area contributed by atoms with Crippen LogP contribution in [-0.2, 0) is 16.6 Å². The van der Waals surface area contributed by atoms with E-state index in [4.69, 9.17) is 9.68 Å². The quantitative estimate of drug-likeness (QED) is 0.748. The lowest BCUT2D eigenvalue weighted by molar-refractivity contribution is 0.0996. The summed E-state index contributed by atoms with van der Waals surface area (Å²) < 4.78 is 30.6. The topological polar surface area (TPSA) is 115 Å². The molecule has 3 rings (SSSR count). The maximum absolute atomic E-state index is 12.7. The molecule has 0 saturated carbocycles. The van der Waals surface area contributed by atoms with E-state index in [0.717, 1.165) is 49.0 Å². The van der Waals surface area contributed by atoms with Gasteiger partial charge in [0, 0.05) is 19.6 Å². The molecule has 0 spiro atoms. The number of furan rings is 1. The van der Waals surface area contributed by atoms with E-state index in [1.165, 1.54) is 18.6 Å². The third-order valence-corrected chi connectivity index (χ3v) is 5.43. The molecule has 2 heterocycles. The number of benzene rings is 1. The molecule has 0 bridgehead atoms. The third-order valence-electron chi connectivity index (χ3n) is 4.76. The minimum atomic E-state index is -3.34. The minimum Gasteiger partial charge on any atom is -0.440 e. The monoisotopic (exact) mass is 416 g/mol. The Morgan fingerprint density at radius 1 is 1.24 bits per heavy atom. The summed E-state index contributed by atoms with van der Waals surface area (Å²) in [6.07, 6.45) is 4.44. The Bertz CT molecular complexity index is 1050. The van der Waals surface area contributed by atoms with Crippen LogP contribution in [0.5, 0.6) is 0 Å². The summed E-state index contributed by atoms with van der Waals surface area (Å²) in [6.45, 7) is 3.86. The molecule has 1 amide bonds. The SMILES string of the molecule is Cc1cc(CNS(C)(=O)=O)cc(NC(=O)c2ccc(C#N)o2)c1N1CCCCC1. The molecule has 9 heteroatoms. The highest BCUT2D eigenvalue weighted by Gasteiger charge is 2.21. The fourth-order valence-corrected chi connectivity index (χ4v) is 3.94. The normalized spacial score (nSPS) is 14.4. The molecule has 0 atom stereocenters. The second kappa shape index (κ2) is 8.68. The summed E-state index contributed by atoms with van der Waals surface area (Å²) in [6, 6.07) is 8.46. The van der Waals surface area contributed by atoms with Crippen LogP contribution in [0.15, 0.2) is 28.7 Å². The van der Waals surface area contributed by atoms with Crippen LogP contribution in [0.4, 0.5) is 11.4 Å². The number of hydrogen-bond donors (Lipinski definition) is 2. The molecule has 1 aromatic heterocycles. The number of hydrogen-bond acceptors (Lipinski definition) is 6. The van der Waals surface area contributed by atoms with Crippen LogP contribution >= 0.6 is 0 Å². The molecule has 1 fully saturated rings.